The fourth-order valence-electron chi connectivity index (χ4n) is 6.73. The molecule has 0 aromatic heterocycles. The van der Waals surface area contributed by atoms with Gasteiger partial charge in [0, 0.05) is 0 Å². The minimum atomic E-state index is 0.637. The predicted molar refractivity (Wildman–Crippen MR) is 96.7 cm³/mol. The maximum Gasteiger partial charge on any atom is -0.0174 e. The Kier molecular flexibility index (Phi) is 4.52. The van der Waals surface area contributed by atoms with Crippen molar-refractivity contribution in [3.63, 3.8) is 0 Å². The Bertz CT molecular complexity index is 431. The molecule has 0 nitrogen and oxygen atoms in total. The molecule has 0 saturated heterocycles. The fraction of sp³-hybridized carbons (Fsp3) is 0.909. The summed E-state index contributed by atoms with van der Waals surface area (Å²) in [7, 11) is 0. The molecule has 0 radical (unpaired) electrons. The van der Waals surface area contributed by atoms with Gasteiger partial charge in [-0.1, -0.05) is 46.3 Å². The van der Waals surface area contributed by atoms with Crippen LogP contribution in [-0.4, -0.2) is 0 Å². The van der Waals surface area contributed by atoms with Gasteiger partial charge in [-0.25, -0.2) is 0 Å². The number of fused-ring (bicyclic) bond motifs is 3. The van der Waals surface area contributed by atoms with Gasteiger partial charge in [-0.15, -0.1) is 0 Å². The van der Waals surface area contributed by atoms with Crippen LogP contribution in [0.5, 0.6) is 0 Å². The summed E-state index contributed by atoms with van der Waals surface area (Å²) in [5.74, 6) is 6.47. The quantitative estimate of drug-likeness (QED) is 0.472. The van der Waals surface area contributed by atoms with Crippen molar-refractivity contribution in [2.45, 2.75) is 80.1 Å². The van der Waals surface area contributed by atoms with Gasteiger partial charge in [0.15, 0.2) is 0 Å². The van der Waals surface area contributed by atoms with Gasteiger partial charge in [0.25, 0.3) is 0 Å². The lowest BCUT2D eigenvalue weighted by molar-refractivity contribution is -0.00402. The molecule has 0 amide bonds. The van der Waals surface area contributed by atoms with Crippen molar-refractivity contribution in [3.05, 3.63) is 11.6 Å². The lowest BCUT2D eigenvalue weighted by atomic mass is 9.53. The number of allylic oxidation sites excluding steroid dienone is 2. The highest BCUT2D eigenvalue weighted by molar-refractivity contribution is 5.14. The fourth-order valence-corrected chi connectivity index (χ4v) is 6.73. The van der Waals surface area contributed by atoms with Gasteiger partial charge in [0.05, 0.1) is 0 Å². The molecule has 3 aliphatic carbocycles. The van der Waals surface area contributed by atoms with Gasteiger partial charge in [0.2, 0.25) is 0 Å². The second-order valence-corrected chi connectivity index (χ2v) is 9.72. The van der Waals surface area contributed by atoms with Crippen LogP contribution in [0.2, 0.25) is 0 Å². The molecule has 0 heteroatoms. The summed E-state index contributed by atoms with van der Waals surface area (Å²) in [4.78, 5) is 0. The highest BCUT2D eigenvalue weighted by Crippen LogP contribution is 2.63. The van der Waals surface area contributed by atoms with E-state index in [2.05, 4.69) is 47.6 Å². The Labute approximate surface area is 139 Å². The predicted octanol–water partition coefficient (Wildman–Crippen LogP) is 6.71. The Morgan fingerprint density at radius 1 is 1.09 bits per heavy atom. The summed E-state index contributed by atoms with van der Waals surface area (Å²) >= 11 is 0. The molecule has 0 spiro atoms. The maximum absolute atomic E-state index is 2.66. The van der Waals surface area contributed by atoms with Crippen LogP contribution in [0.25, 0.3) is 0 Å². The molecular formula is C22H38. The lowest BCUT2D eigenvalue weighted by Crippen LogP contribution is -2.44. The number of rotatable bonds is 1. The summed E-state index contributed by atoms with van der Waals surface area (Å²) in [6.45, 7) is 15.0. The summed E-state index contributed by atoms with van der Waals surface area (Å²) in [6.07, 6.45) is 11.4. The highest BCUT2D eigenvalue weighted by atomic mass is 14.6. The summed E-state index contributed by atoms with van der Waals surface area (Å²) < 4.78 is 0. The van der Waals surface area contributed by atoms with Crippen molar-refractivity contribution in [2.24, 2.45) is 46.8 Å². The first-order valence-electron chi connectivity index (χ1n) is 10.0. The number of hydrogen-bond donors (Lipinski definition) is 0. The second-order valence-electron chi connectivity index (χ2n) is 9.72. The van der Waals surface area contributed by atoms with Crippen LogP contribution in [0.4, 0.5) is 0 Å². The van der Waals surface area contributed by atoms with Gasteiger partial charge in [-0.2, -0.15) is 0 Å². The van der Waals surface area contributed by atoms with Crippen molar-refractivity contribution in [2.75, 3.05) is 0 Å². The van der Waals surface area contributed by atoms with E-state index in [1.54, 1.807) is 5.57 Å². The smallest absolute Gasteiger partial charge is 0.0174 e. The molecule has 3 aliphatic rings. The van der Waals surface area contributed by atoms with Crippen LogP contribution >= 0.6 is 0 Å². The molecule has 0 aromatic carbocycles. The average Bonchev–Trinajstić information content (AvgIpc) is 2.81. The van der Waals surface area contributed by atoms with E-state index in [-0.39, 0.29) is 0 Å². The zero-order chi connectivity index (χ0) is 16.1. The molecule has 2 fully saturated rings. The molecule has 126 valence electrons. The zero-order valence-electron chi connectivity index (χ0n) is 15.9. The Balaban J connectivity index is 1.91. The van der Waals surface area contributed by atoms with Crippen LogP contribution in [-0.2, 0) is 0 Å². The molecule has 3 rings (SSSR count). The van der Waals surface area contributed by atoms with E-state index in [0.29, 0.717) is 5.41 Å². The third kappa shape index (κ3) is 2.59. The van der Waals surface area contributed by atoms with Gasteiger partial charge in [-0.3, -0.25) is 0 Å². The molecule has 7 atom stereocenters. The number of hydrogen-bond acceptors (Lipinski definition) is 0. The van der Waals surface area contributed by atoms with Gasteiger partial charge in [-0.05, 0) is 92.3 Å². The molecule has 2 saturated carbocycles. The normalized spacial score (nSPS) is 51.5. The Morgan fingerprint density at radius 2 is 1.82 bits per heavy atom. The topological polar surface area (TPSA) is 0 Å². The molecule has 7 unspecified atom stereocenters. The second kappa shape index (κ2) is 5.99. The SMILES string of the molecule is C/C1=C\CC(C)C(C)CC2C1CCC1(C)C(C(C)C)CCC21. The van der Waals surface area contributed by atoms with E-state index >= 15 is 0 Å². The standard InChI is InChI=1S/C22H38/c1-14(2)20-9-10-21-19-13-17(5)15(3)7-8-16(4)18(19)11-12-22(20,21)6/h8,14-15,17-21H,7,9-13H2,1-6H3/b16-8+. The Morgan fingerprint density at radius 3 is 2.50 bits per heavy atom. The van der Waals surface area contributed by atoms with Crippen molar-refractivity contribution < 1.29 is 0 Å². The largest absolute Gasteiger partial charge is 0.0850 e. The van der Waals surface area contributed by atoms with Crippen LogP contribution in [0, 0.1) is 46.8 Å². The van der Waals surface area contributed by atoms with E-state index in [1.807, 2.05) is 0 Å². The molecule has 0 heterocycles. The van der Waals surface area contributed by atoms with Crippen LogP contribution in [0.15, 0.2) is 11.6 Å². The van der Waals surface area contributed by atoms with E-state index in [9.17, 15) is 0 Å². The van der Waals surface area contributed by atoms with Gasteiger partial charge >= 0.3 is 0 Å². The van der Waals surface area contributed by atoms with Crippen molar-refractivity contribution >= 4 is 0 Å². The van der Waals surface area contributed by atoms with Crippen LogP contribution in [0.1, 0.15) is 80.1 Å². The first-order chi connectivity index (χ1) is 10.3. The molecule has 0 aromatic rings. The third-order valence-electron chi connectivity index (χ3n) is 8.33. The first kappa shape index (κ1) is 16.6. The minimum absolute atomic E-state index is 0.637. The lowest BCUT2D eigenvalue weighted by Gasteiger charge is -2.51. The van der Waals surface area contributed by atoms with E-state index < -0.39 is 0 Å². The molecule has 0 bridgehead atoms. The highest BCUT2D eigenvalue weighted by Gasteiger charge is 2.54. The molecular weight excluding hydrogens is 264 g/mol. The molecule has 0 N–H and O–H groups in total. The van der Waals surface area contributed by atoms with Crippen LogP contribution < -0.4 is 0 Å². The Hall–Kier alpha value is -0.260. The van der Waals surface area contributed by atoms with E-state index in [4.69, 9.17) is 0 Å². The van der Waals surface area contributed by atoms with Crippen molar-refractivity contribution in [3.8, 4) is 0 Å². The zero-order valence-corrected chi connectivity index (χ0v) is 15.9. The monoisotopic (exact) mass is 302 g/mol. The average molecular weight is 303 g/mol. The summed E-state index contributed by atoms with van der Waals surface area (Å²) in [6, 6.07) is 0. The van der Waals surface area contributed by atoms with Crippen molar-refractivity contribution in [1.29, 1.82) is 0 Å². The summed E-state index contributed by atoms with van der Waals surface area (Å²) in [5.41, 5.74) is 2.37. The maximum atomic E-state index is 2.66. The van der Waals surface area contributed by atoms with Gasteiger partial charge in [0.1, 0.15) is 0 Å². The first-order valence-corrected chi connectivity index (χ1v) is 10.0. The molecule has 0 aliphatic heterocycles. The van der Waals surface area contributed by atoms with Crippen LogP contribution in [0.3, 0.4) is 0 Å². The summed E-state index contributed by atoms with van der Waals surface area (Å²) in [5, 5.41) is 0. The minimum Gasteiger partial charge on any atom is -0.0850 e. The third-order valence-corrected chi connectivity index (χ3v) is 8.33. The van der Waals surface area contributed by atoms with E-state index in [0.717, 1.165) is 41.4 Å². The molecule has 22 heavy (non-hydrogen) atoms. The van der Waals surface area contributed by atoms with Gasteiger partial charge < -0.3 is 0 Å². The van der Waals surface area contributed by atoms with E-state index in [1.165, 1.54) is 38.5 Å². The van der Waals surface area contributed by atoms with Crippen molar-refractivity contribution in [1.82, 2.24) is 0 Å².